The normalized spacial score (nSPS) is 19.1. The number of nitrogens with zero attached hydrogens (tertiary/aromatic N) is 2. The summed E-state index contributed by atoms with van der Waals surface area (Å²) in [5, 5.41) is 0. The van der Waals surface area contributed by atoms with Crippen molar-refractivity contribution < 1.29 is 9.53 Å². The van der Waals surface area contributed by atoms with E-state index in [1.54, 1.807) is 11.1 Å². The summed E-state index contributed by atoms with van der Waals surface area (Å²) in [5.41, 5.74) is 1.56. The number of ether oxygens (including phenoxy) is 1. The molecule has 0 aromatic carbocycles. The monoisotopic (exact) mass is 234 g/mol. The van der Waals surface area contributed by atoms with Crippen molar-refractivity contribution in [2.75, 3.05) is 4.90 Å². The van der Waals surface area contributed by atoms with Crippen LogP contribution in [0, 0.1) is 0 Å². The number of pyridine rings is 1. The summed E-state index contributed by atoms with van der Waals surface area (Å²) in [5.74, 6) is 0. The highest BCUT2D eigenvalue weighted by Gasteiger charge is 2.33. The Balaban J connectivity index is 2.25. The molecule has 2 rings (SSSR count). The van der Waals surface area contributed by atoms with Gasteiger partial charge in [-0.2, -0.15) is 0 Å². The third-order valence-corrected chi connectivity index (χ3v) is 2.68. The molecule has 1 amide bonds. The van der Waals surface area contributed by atoms with E-state index in [2.05, 4.69) is 4.98 Å². The molecule has 1 aliphatic heterocycles. The van der Waals surface area contributed by atoms with E-state index in [4.69, 9.17) is 4.74 Å². The van der Waals surface area contributed by atoms with Gasteiger partial charge in [-0.1, -0.05) is 0 Å². The summed E-state index contributed by atoms with van der Waals surface area (Å²) >= 11 is 0. The molecule has 0 spiro atoms. The van der Waals surface area contributed by atoms with Crippen LogP contribution in [0.15, 0.2) is 18.5 Å². The van der Waals surface area contributed by atoms with E-state index < -0.39 is 5.60 Å². The lowest BCUT2D eigenvalue weighted by Crippen LogP contribution is -2.40. The molecule has 1 aliphatic rings. The Morgan fingerprint density at radius 3 is 2.88 bits per heavy atom. The minimum absolute atomic E-state index is 0.129. The van der Waals surface area contributed by atoms with Gasteiger partial charge in [0.25, 0.3) is 0 Å². The van der Waals surface area contributed by atoms with Gasteiger partial charge < -0.3 is 4.74 Å². The number of carbonyl (C=O) groups is 1. The minimum atomic E-state index is -0.466. The van der Waals surface area contributed by atoms with Crippen LogP contribution in [0.3, 0.4) is 0 Å². The lowest BCUT2D eigenvalue weighted by molar-refractivity contribution is 0.0572. The Morgan fingerprint density at radius 2 is 2.24 bits per heavy atom. The Morgan fingerprint density at radius 1 is 1.53 bits per heavy atom. The molecule has 0 unspecified atom stereocenters. The molecule has 1 atom stereocenters. The standard InChI is InChI=1S/C13H18N2O2/c1-9-7-10-8-14-6-5-11(10)15(9)12(16)17-13(2,3)4/h5-6,8-9H,7H2,1-4H3/t9-/m1/s1. The second kappa shape index (κ2) is 4.02. The van der Waals surface area contributed by atoms with Crippen LogP contribution in [0.1, 0.15) is 33.3 Å². The first-order chi connectivity index (χ1) is 7.88. The molecule has 0 saturated carbocycles. The van der Waals surface area contributed by atoms with Gasteiger partial charge in [-0.3, -0.25) is 9.88 Å². The van der Waals surface area contributed by atoms with E-state index in [1.165, 1.54) is 0 Å². The van der Waals surface area contributed by atoms with Crippen LogP contribution in [0.5, 0.6) is 0 Å². The average Bonchev–Trinajstić information content (AvgIpc) is 2.50. The fourth-order valence-electron chi connectivity index (χ4n) is 2.05. The largest absolute Gasteiger partial charge is 0.443 e. The number of aromatic nitrogens is 1. The van der Waals surface area contributed by atoms with Crippen LogP contribution < -0.4 is 4.90 Å². The summed E-state index contributed by atoms with van der Waals surface area (Å²) in [6.45, 7) is 7.64. The highest BCUT2D eigenvalue weighted by Crippen LogP contribution is 2.32. The van der Waals surface area contributed by atoms with Crippen molar-refractivity contribution >= 4 is 11.8 Å². The molecule has 0 N–H and O–H groups in total. The van der Waals surface area contributed by atoms with Crippen molar-refractivity contribution in [2.45, 2.75) is 45.8 Å². The van der Waals surface area contributed by atoms with Gasteiger partial charge in [0.1, 0.15) is 5.60 Å². The molecule has 1 aromatic rings. The van der Waals surface area contributed by atoms with E-state index in [1.807, 2.05) is 40.0 Å². The van der Waals surface area contributed by atoms with Gasteiger partial charge in [-0.05, 0) is 45.7 Å². The van der Waals surface area contributed by atoms with Crippen LogP contribution in [0.4, 0.5) is 10.5 Å². The molecule has 4 heteroatoms. The van der Waals surface area contributed by atoms with Gasteiger partial charge in [0.15, 0.2) is 0 Å². The van der Waals surface area contributed by atoms with E-state index >= 15 is 0 Å². The highest BCUT2D eigenvalue weighted by atomic mass is 16.6. The first-order valence-corrected chi connectivity index (χ1v) is 5.83. The SMILES string of the molecule is C[C@@H]1Cc2cnccc2N1C(=O)OC(C)(C)C. The van der Waals surface area contributed by atoms with E-state index in [9.17, 15) is 4.79 Å². The fraction of sp³-hybridized carbons (Fsp3) is 0.538. The van der Waals surface area contributed by atoms with Crippen molar-refractivity contribution in [1.82, 2.24) is 4.98 Å². The van der Waals surface area contributed by atoms with Crippen LogP contribution >= 0.6 is 0 Å². The predicted molar refractivity (Wildman–Crippen MR) is 66.1 cm³/mol. The Kier molecular flexibility index (Phi) is 2.81. The summed E-state index contributed by atoms with van der Waals surface area (Å²) in [6.07, 6.45) is 4.07. The molecule has 0 fully saturated rings. The number of hydrogen-bond donors (Lipinski definition) is 0. The number of anilines is 1. The summed E-state index contributed by atoms with van der Waals surface area (Å²) < 4.78 is 5.42. The Hall–Kier alpha value is -1.58. The highest BCUT2D eigenvalue weighted by molar-refractivity contribution is 5.91. The fourth-order valence-corrected chi connectivity index (χ4v) is 2.05. The van der Waals surface area contributed by atoms with Gasteiger partial charge in [-0.25, -0.2) is 4.79 Å². The molecule has 1 aromatic heterocycles. The summed E-state index contributed by atoms with van der Waals surface area (Å²) in [4.78, 5) is 17.9. The van der Waals surface area contributed by atoms with Gasteiger partial charge in [0.2, 0.25) is 0 Å². The third kappa shape index (κ3) is 2.40. The van der Waals surface area contributed by atoms with Crippen molar-refractivity contribution in [3.63, 3.8) is 0 Å². The van der Waals surface area contributed by atoms with E-state index in [-0.39, 0.29) is 12.1 Å². The molecule has 2 heterocycles. The van der Waals surface area contributed by atoms with Crippen LogP contribution in [0.2, 0.25) is 0 Å². The van der Waals surface area contributed by atoms with Crippen molar-refractivity contribution in [1.29, 1.82) is 0 Å². The predicted octanol–water partition coefficient (Wildman–Crippen LogP) is 2.77. The zero-order valence-corrected chi connectivity index (χ0v) is 10.7. The molecular formula is C13H18N2O2. The summed E-state index contributed by atoms with van der Waals surface area (Å²) in [6, 6.07) is 1.99. The van der Waals surface area contributed by atoms with Crippen molar-refractivity contribution in [3.05, 3.63) is 24.0 Å². The molecule has 92 valence electrons. The van der Waals surface area contributed by atoms with E-state index in [0.29, 0.717) is 0 Å². The van der Waals surface area contributed by atoms with Gasteiger partial charge >= 0.3 is 6.09 Å². The Bertz CT molecular complexity index is 437. The van der Waals surface area contributed by atoms with Crippen LogP contribution in [0.25, 0.3) is 0 Å². The molecule has 17 heavy (non-hydrogen) atoms. The molecule has 0 bridgehead atoms. The maximum absolute atomic E-state index is 12.1. The van der Waals surface area contributed by atoms with Gasteiger partial charge in [0.05, 0.1) is 5.69 Å². The van der Waals surface area contributed by atoms with Crippen molar-refractivity contribution in [3.8, 4) is 0 Å². The summed E-state index contributed by atoms with van der Waals surface area (Å²) in [7, 11) is 0. The first-order valence-electron chi connectivity index (χ1n) is 5.83. The number of rotatable bonds is 0. The third-order valence-electron chi connectivity index (χ3n) is 2.68. The quantitative estimate of drug-likeness (QED) is 0.693. The number of hydrogen-bond acceptors (Lipinski definition) is 3. The van der Waals surface area contributed by atoms with E-state index in [0.717, 1.165) is 17.7 Å². The topological polar surface area (TPSA) is 42.4 Å². The first kappa shape index (κ1) is 11.9. The maximum atomic E-state index is 12.1. The average molecular weight is 234 g/mol. The van der Waals surface area contributed by atoms with Gasteiger partial charge in [-0.15, -0.1) is 0 Å². The Labute approximate surface area is 102 Å². The minimum Gasteiger partial charge on any atom is -0.443 e. The van der Waals surface area contributed by atoms with Crippen LogP contribution in [-0.4, -0.2) is 22.7 Å². The lowest BCUT2D eigenvalue weighted by Gasteiger charge is -2.27. The smallest absolute Gasteiger partial charge is 0.415 e. The molecular weight excluding hydrogens is 216 g/mol. The second-order valence-electron chi connectivity index (χ2n) is 5.41. The number of carbonyl (C=O) groups excluding carboxylic acids is 1. The maximum Gasteiger partial charge on any atom is 0.415 e. The zero-order chi connectivity index (χ0) is 12.6. The van der Waals surface area contributed by atoms with Crippen LogP contribution in [-0.2, 0) is 11.2 Å². The molecule has 4 nitrogen and oxygen atoms in total. The lowest BCUT2D eigenvalue weighted by atomic mass is 10.2. The molecule has 0 saturated heterocycles. The number of fused-ring (bicyclic) bond motifs is 1. The van der Waals surface area contributed by atoms with Crippen molar-refractivity contribution in [2.24, 2.45) is 0 Å². The second-order valence-corrected chi connectivity index (χ2v) is 5.41. The molecule has 0 aliphatic carbocycles. The zero-order valence-electron chi connectivity index (χ0n) is 10.7. The van der Waals surface area contributed by atoms with Gasteiger partial charge in [0, 0.05) is 18.4 Å². The number of amides is 1. The molecule has 0 radical (unpaired) electrons.